The van der Waals surface area contributed by atoms with Gasteiger partial charge in [-0.1, -0.05) is 11.6 Å². The first-order chi connectivity index (χ1) is 11.5. The predicted octanol–water partition coefficient (Wildman–Crippen LogP) is 0.770. The molecule has 2 N–H and O–H groups in total. The van der Waals surface area contributed by atoms with Gasteiger partial charge in [-0.15, -0.1) is 0 Å². The summed E-state index contributed by atoms with van der Waals surface area (Å²) in [4.78, 5) is 33.1. The van der Waals surface area contributed by atoms with E-state index in [0.29, 0.717) is 16.7 Å². The normalized spacial score (nSPS) is 21.9. The minimum absolute atomic E-state index is 0.0522. The van der Waals surface area contributed by atoms with E-state index in [1.54, 1.807) is 24.3 Å². The van der Waals surface area contributed by atoms with Gasteiger partial charge in [0.05, 0.1) is 6.42 Å². The quantitative estimate of drug-likeness (QED) is 0.827. The van der Waals surface area contributed by atoms with E-state index in [9.17, 15) is 9.59 Å². The second-order valence-corrected chi connectivity index (χ2v) is 6.44. The molecular weight excluding hydrogens is 330 g/mol. The Morgan fingerprint density at radius 3 is 2.58 bits per heavy atom. The lowest BCUT2D eigenvalue weighted by Gasteiger charge is -2.36. The third-order valence-corrected chi connectivity index (χ3v) is 4.38. The van der Waals surface area contributed by atoms with E-state index in [2.05, 4.69) is 27.6 Å². The average molecular weight is 350 g/mol. The number of amides is 2. The van der Waals surface area contributed by atoms with Crippen LogP contribution in [0.1, 0.15) is 6.42 Å². The third-order valence-electron chi connectivity index (χ3n) is 4.13. The van der Waals surface area contributed by atoms with E-state index >= 15 is 0 Å². The first kappa shape index (κ1) is 16.7. The van der Waals surface area contributed by atoms with Gasteiger partial charge in [-0.3, -0.25) is 14.9 Å². The van der Waals surface area contributed by atoms with Crippen molar-refractivity contribution < 1.29 is 9.59 Å². The third kappa shape index (κ3) is 4.04. The second-order valence-electron chi connectivity index (χ2n) is 6.01. The van der Waals surface area contributed by atoms with Crippen molar-refractivity contribution in [1.29, 1.82) is 0 Å². The summed E-state index contributed by atoms with van der Waals surface area (Å²) in [5, 5.41) is 6.15. The molecule has 0 radical (unpaired) electrons. The van der Waals surface area contributed by atoms with E-state index in [-0.39, 0.29) is 18.2 Å². The number of anilines is 1. The Bertz CT molecular complexity index is 653. The number of carbonyl (C=O) groups excluding carboxylic acids is 2. The molecule has 0 aromatic heterocycles. The number of guanidine groups is 1. The number of hydrogen-bond acceptors (Lipinski definition) is 5. The van der Waals surface area contributed by atoms with Gasteiger partial charge >= 0.3 is 0 Å². The zero-order valence-corrected chi connectivity index (χ0v) is 14.2. The SMILES string of the molecule is CN1CCN(C2=N[C@H](C(=O)Nc3ccc(Cl)cc3)CC(=O)N2)CC1. The summed E-state index contributed by atoms with van der Waals surface area (Å²) >= 11 is 5.83. The van der Waals surface area contributed by atoms with Crippen LogP contribution in [0.15, 0.2) is 29.3 Å². The maximum atomic E-state index is 12.4. The molecule has 0 unspecified atom stereocenters. The van der Waals surface area contributed by atoms with Crippen molar-refractivity contribution in [2.45, 2.75) is 12.5 Å². The van der Waals surface area contributed by atoms with Crippen LogP contribution in [0.5, 0.6) is 0 Å². The van der Waals surface area contributed by atoms with Gasteiger partial charge in [0.1, 0.15) is 6.04 Å². The maximum Gasteiger partial charge on any atom is 0.249 e. The van der Waals surface area contributed by atoms with E-state index in [0.717, 1.165) is 26.2 Å². The van der Waals surface area contributed by atoms with Crippen molar-refractivity contribution in [2.24, 2.45) is 4.99 Å². The molecule has 1 atom stereocenters. The molecule has 1 saturated heterocycles. The lowest BCUT2D eigenvalue weighted by Crippen LogP contribution is -2.55. The summed E-state index contributed by atoms with van der Waals surface area (Å²) < 4.78 is 0. The van der Waals surface area contributed by atoms with Crippen LogP contribution >= 0.6 is 11.6 Å². The van der Waals surface area contributed by atoms with Crippen LogP contribution < -0.4 is 10.6 Å². The van der Waals surface area contributed by atoms with Crippen molar-refractivity contribution in [1.82, 2.24) is 15.1 Å². The predicted molar refractivity (Wildman–Crippen MR) is 93.1 cm³/mol. The number of aliphatic imine (C=N–C) groups is 1. The number of nitrogens with one attached hydrogen (secondary N) is 2. The van der Waals surface area contributed by atoms with Crippen LogP contribution in [0, 0.1) is 0 Å². The van der Waals surface area contributed by atoms with E-state index in [1.807, 2.05) is 4.90 Å². The Morgan fingerprint density at radius 1 is 1.25 bits per heavy atom. The summed E-state index contributed by atoms with van der Waals surface area (Å²) in [7, 11) is 2.06. The molecule has 2 heterocycles. The Hall–Kier alpha value is -2.12. The molecule has 1 fully saturated rings. The summed E-state index contributed by atoms with van der Waals surface area (Å²) in [6.07, 6.45) is 0.0522. The average Bonchev–Trinajstić information content (AvgIpc) is 2.57. The number of nitrogens with zero attached hydrogens (tertiary/aromatic N) is 3. The standard InChI is InChI=1S/C16H20ClN5O2/c1-21-6-8-22(9-7-21)16-19-13(10-14(23)20-16)15(24)18-12-4-2-11(17)3-5-12/h2-5,13H,6-10H2,1H3,(H,18,24)(H,19,20,23)/t13-/m0/s1. The van der Waals surface area contributed by atoms with Gasteiger partial charge < -0.3 is 15.1 Å². The minimum atomic E-state index is -0.718. The first-order valence-electron chi connectivity index (χ1n) is 7.89. The van der Waals surface area contributed by atoms with Crippen LogP contribution in [-0.4, -0.2) is 66.8 Å². The monoisotopic (exact) mass is 349 g/mol. The smallest absolute Gasteiger partial charge is 0.249 e. The molecule has 0 bridgehead atoms. The Labute approximate surface area is 145 Å². The van der Waals surface area contributed by atoms with E-state index in [1.165, 1.54) is 0 Å². The number of rotatable bonds is 2. The fraction of sp³-hybridized carbons (Fsp3) is 0.438. The molecule has 2 aliphatic rings. The lowest BCUT2D eigenvalue weighted by atomic mass is 10.1. The molecule has 2 amide bonds. The summed E-state index contributed by atoms with van der Waals surface area (Å²) in [6.45, 7) is 3.36. The lowest BCUT2D eigenvalue weighted by molar-refractivity contribution is -0.125. The molecule has 1 aromatic rings. The summed E-state index contributed by atoms with van der Waals surface area (Å²) in [5.74, 6) is 0.0181. The Kier molecular flexibility index (Phi) is 5.01. The number of halogens is 1. The van der Waals surface area contributed by atoms with Crippen molar-refractivity contribution in [3.05, 3.63) is 29.3 Å². The molecule has 1 aromatic carbocycles. The number of piperazine rings is 1. The number of hydrogen-bond donors (Lipinski definition) is 2. The summed E-state index contributed by atoms with van der Waals surface area (Å²) in [6, 6.07) is 6.11. The molecule has 7 nitrogen and oxygen atoms in total. The van der Waals surface area contributed by atoms with Crippen molar-refractivity contribution >= 4 is 35.1 Å². The van der Waals surface area contributed by atoms with E-state index < -0.39 is 6.04 Å². The number of benzene rings is 1. The first-order valence-corrected chi connectivity index (χ1v) is 8.26. The second kappa shape index (κ2) is 7.19. The highest BCUT2D eigenvalue weighted by atomic mass is 35.5. The molecule has 2 aliphatic heterocycles. The van der Waals surface area contributed by atoms with Gasteiger partial charge in [0.2, 0.25) is 17.8 Å². The molecule has 0 aliphatic carbocycles. The van der Waals surface area contributed by atoms with Gasteiger partial charge in [0.25, 0.3) is 0 Å². The highest BCUT2D eigenvalue weighted by molar-refractivity contribution is 6.30. The number of likely N-dealkylation sites (N-methyl/N-ethyl adjacent to an activating group) is 1. The van der Waals surface area contributed by atoms with Crippen LogP contribution in [0.2, 0.25) is 5.02 Å². The van der Waals surface area contributed by atoms with Crippen molar-refractivity contribution in [2.75, 3.05) is 38.5 Å². The van der Waals surface area contributed by atoms with Crippen molar-refractivity contribution in [3.8, 4) is 0 Å². The topological polar surface area (TPSA) is 77.0 Å². The zero-order chi connectivity index (χ0) is 17.1. The molecule has 3 rings (SSSR count). The molecular formula is C16H20ClN5O2. The highest BCUT2D eigenvalue weighted by Crippen LogP contribution is 2.15. The molecule has 0 saturated carbocycles. The highest BCUT2D eigenvalue weighted by Gasteiger charge is 2.30. The molecule has 0 spiro atoms. The van der Waals surface area contributed by atoms with Gasteiger partial charge in [-0.2, -0.15) is 0 Å². The summed E-state index contributed by atoms with van der Waals surface area (Å²) in [5.41, 5.74) is 0.631. The molecule has 24 heavy (non-hydrogen) atoms. The van der Waals surface area contributed by atoms with Crippen LogP contribution in [-0.2, 0) is 9.59 Å². The van der Waals surface area contributed by atoms with Gasteiger partial charge in [-0.25, -0.2) is 4.99 Å². The Balaban J connectivity index is 1.69. The van der Waals surface area contributed by atoms with Crippen molar-refractivity contribution in [3.63, 3.8) is 0 Å². The van der Waals surface area contributed by atoms with Crippen LogP contribution in [0.4, 0.5) is 5.69 Å². The Morgan fingerprint density at radius 2 is 1.92 bits per heavy atom. The molecule has 128 valence electrons. The number of carbonyl (C=O) groups is 2. The van der Waals surface area contributed by atoms with Gasteiger partial charge in [0, 0.05) is 36.9 Å². The molecule has 8 heteroatoms. The fourth-order valence-corrected chi connectivity index (χ4v) is 2.79. The minimum Gasteiger partial charge on any atom is -0.340 e. The van der Waals surface area contributed by atoms with Gasteiger partial charge in [-0.05, 0) is 31.3 Å². The fourth-order valence-electron chi connectivity index (χ4n) is 2.67. The van der Waals surface area contributed by atoms with Gasteiger partial charge in [0.15, 0.2) is 0 Å². The zero-order valence-electron chi connectivity index (χ0n) is 13.5. The maximum absolute atomic E-state index is 12.4. The van der Waals surface area contributed by atoms with E-state index in [4.69, 9.17) is 11.6 Å². The largest absolute Gasteiger partial charge is 0.340 e. The van der Waals surface area contributed by atoms with Crippen LogP contribution in [0.25, 0.3) is 0 Å². The van der Waals surface area contributed by atoms with Crippen LogP contribution in [0.3, 0.4) is 0 Å².